The normalized spacial score (nSPS) is 21.1. The Hall–Kier alpha value is -2.26. The third kappa shape index (κ3) is 3.74. The molecule has 27 heavy (non-hydrogen) atoms. The number of amides is 1. The molecule has 0 spiro atoms. The van der Waals surface area contributed by atoms with Crippen molar-refractivity contribution < 1.29 is 17.6 Å². The smallest absolute Gasteiger partial charge is 0.322 e. The molecule has 1 saturated heterocycles. The summed E-state index contributed by atoms with van der Waals surface area (Å²) in [5.74, 6) is 0.434. The lowest BCUT2D eigenvalue weighted by Crippen LogP contribution is -2.41. The van der Waals surface area contributed by atoms with Crippen LogP contribution >= 0.6 is 0 Å². The zero-order valence-corrected chi connectivity index (χ0v) is 15.9. The summed E-state index contributed by atoms with van der Waals surface area (Å²) in [5.41, 5.74) is 0.326. The Morgan fingerprint density at radius 1 is 1.15 bits per heavy atom. The quantitative estimate of drug-likeness (QED) is 0.841. The monoisotopic (exact) mass is 390 g/mol. The Bertz CT molecular complexity index is 935. The van der Waals surface area contributed by atoms with Crippen molar-refractivity contribution >= 4 is 21.9 Å². The number of nitrogens with zero attached hydrogens (tertiary/aromatic N) is 3. The Morgan fingerprint density at radius 2 is 1.89 bits per heavy atom. The summed E-state index contributed by atoms with van der Waals surface area (Å²) in [5, 5.41) is 10.3. The second kappa shape index (κ2) is 7.05. The van der Waals surface area contributed by atoms with Gasteiger partial charge in [-0.1, -0.05) is 11.5 Å². The van der Waals surface area contributed by atoms with E-state index in [0.29, 0.717) is 23.9 Å². The van der Waals surface area contributed by atoms with Crippen LogP contribution in [0.15, 0.2) is 33.6 Å². The van der Waals surface area contributed by atoms with Crippen LogP contribution in [0.2, 0.25) is 0 Å². The van der Waals surface area contributed by atoms with Crippen molar-refractivity contribution in [3.05, 3.63) is 35.7 Å². The third-order valence-electron chi connectivity index (χ3n) is 5.05. The summed E-state index contributed by atoms with van der Waals surface area (Å²) >= 11 is 0. The van der Waals surface area contributed by atoms with E-state index < -0.39 is 15.9 Å². The molecule has 2 aliphatic rings. The van der Waals surface area contributed by atoms with Crippen molar-refractivity contribution in [1.82, 2.24) is 14.5 Å². The largest absolute Gasteiger partial charge is 0.408 e. The van der Waals surface area contributed by atoms with Crippen LogP contribution in [0.3, 0.4) is 0 Å². The molecule has 144 valence electrons. The van der Waals surface area contributed by atoms with Gasteiger partial charge in [0.2, 0.25) is 15.9 Å². The summed E-state index contributed by atoms with van der Waals surface area (Å²) in [6, 6.07) is 5.97. The first kappa shape index (κ1) is 18.1. The first-order chi connectivity index (χ1) is 12.9. The fraction of sp³-hybridized carbons (Fsp3) is 0.500. The van der Waals surface area contributed by atoms with Gasteiger partial charge in [-0.3, -0.25) is 10.1 Å². The predicted molar refractivity (Wildman–Crippen MR) is 97.9 cm³/mol. The van der Waals surface area contributed by atoms with Crippen molar-refractivity contribution in [3.63, 3.8) is 0 Å². The molecule has 1 N–H and O–H groups in total. The maximum atomic E-state index is 12.8. The molecule has 1 aromatic heterocycles. The molecule has 1 aliphatic carbocycles. The van der Waals surface area contributed by atoms with Crippen LogP contribution in [0.4, 0.5) is 6.01 Å². The zero-order valence-electron chi connectivity index (χ0n) is 15.1. The maximum Gasteiger partial charge on any atom is 0.322 e. The molecular formula is C18H22N4O4S. The number of carbonyl (C=O) groups excluding carboxylic acids is 1. The van der Waals surface area contributed by atoms with Gasteiger partial charge in [0, 0.05) is 24.1 Å². The van der Waals surface area contributed by atoms with Gasteiger partial charge in [-0.15, -0.1) is 5.10 Å². The van der Waals surface area contributed by atoms with Crippen LogP contribution in [-0.4, -0.2) is 41.4 Å². The number of piperidine rings is 1. The molecule has 0 radical (unpaired) electrons. The minimum Gasteiger partial charge on any atom is -0.408 e. The Labute approximate surface area is 158 Å². The summed E-state index contributed by atoms with van der Waals surface area (Å²) in [7, 11) is -3.55. The van der Waals surface area contributed by atoms with Gasteiger partial charge in [0.1, 0.15) is 0 Å². The number of benzene rings is 1. The fourth-order valence-corrected chi connectivity index (χ4v) is 4.99. The van der Waals surface area contributed by atoms with E-state index in [4.69, 9.17) is 4.42 Å². The topological polar surface area (TPSA) is 105 Å². The molecule has 2 aromatic rings. The molecule has 2 heterocycles. The average Bonchev–Trinajstić information content (AvgIpc) is 3.41. The lowest BCUT2D eigenvalue weighted by Gasteiger charge is -2.32. The van der Waals surface area contributed by atoms with Crippen molar-refractivity contribution in [2.45, 2.75) is 55.9 Å². The first-order valence-electron chi connectivity index (χ1n) is 9.22. The molecule has 0 unspecified atom stereocenters. The predicted octanol–water partition coefficient (Wildman–Crippen LogP) is 2.76. The highest BCUT2D eigenvalue weighted by atomic mass is 32.2. The molecule has 1 amide bonds. The van der Waals surface area contributed by atoms with Crippen LogP contribution < -0.4 is 5.32 Å². The SMILES string of the molecule is C[C@H]1CCCCN1S(=O)(=O)c1ccc(C(=O)Nc2nnc(C3CC3)o2)cc1. The average molecular weight is 390 g/mol. The number of hydrogen-bond donors (Lipinski definition) is 1. The molecule has 2 fully saturated rings. The summed E-state index contributed by atoms with van der Waals surface area (Å²) in [6.07, 6.45) is 4.84. The van der Waals surface area contributed by atoms with E-state index in [2.05, 4.69) is 15.5 Å². The van der Waals surface area contributed by atoms with Crippen LogP contribution in [0.1, 0.15) is 61.2 Å². The molecule has 1 atom stereocenters. The van der Waals surface area contributed by atoms with E-state index in [1.807, 2.05) is 6.92 Å². The maximum absolute atomic E-state index is 12.8. The molecule has 1 saturated carbocycles. The van der Waals surface area contributed by atoms with Gasteiger partial charge in [0.15, 0.2) is 0 Å². The van der Waals surface area contributed by atoms with Crippen LogP contribution in [0.5, 0.6) is 0 Å². The molecule has 4 rings (SSSR count). The molecule has 1 aromatic carbocycles. The lowest BCUT2D eigenvalue weighted by molar-refractivity contribution is 0.102. The fourth-order valence-electron chi connectivity index (χ4n) is 3.29. The number of sulfonamides is 1. The van der Waals surface area contributed by atoms with E-state index >= 15 is 0 Å². The van der Waals surface area contributed by atoms with Crippen LogP contribution in [-0.2, 0) is 10.0 Å². The highest BCUT2D eigenvalue weighted by Crippen LogP contribution is 2.39. The molecule has 8 nitrogen and oxygen atoms in total. The number of aromatic nitrogens is 2. The van der Waals surface area contributed by atoms with Gasteiger partial charge >= 0.3 is 6.01 Å². The number of anilines is 1. The van der Waals surface area contributed by atoms with Gasteiger partial charge in [0.05, 0.1) is 4.90 Å². The highest BCUT2D eigenvalue weighted by Gasteiger charge is 2.31. The summed E-state index contributed by atoms with van der Waals surface area (Å²) < 4.78 is 32.6. The van der Waals surface area contributed by atoms with E-state index in [9.17, 15) is 13.2 Å². The molecule has 1 aliphatic heterocycles. The van der Waals surface area contributed by atoms with Gasteiger partial charge in [0.25, 0.3) is 5.91 Å². The number of rotatable bonds is 5. The van der Waals surface area contributed by atoms with Gasteiger partial charge < -0.3 is 4.42 Å². The van der Waals surface area contributed by atoms with Crippen molar-refractivity contribution in [1.29, 1.82) is 0 Å². The Balaban J connectivity index is 1.46. The summed E-state index contributed by atoms with van der Waals surface area (Å²) in [4.78, 5) is 12.5. The number of nitrogens with one attached hydrogen (secondary N) is 1. The van der Waals surface area contributed by atoms with Crippen molar-refractivity contribution in [2.24, 2.45) is 0 Å². The summed E-state index contributed by atoms with van der Waals surface area (Å²) in [6.45, 7) is 2.46. The number of hydrogen-bond acceptors (Lipinski definition) is 6. The van der Waals surface area contributed by atoms with Gasteiger partial charge in [-0.05, 0) is 56.9 Å². The second-order valence-electron chi connectivity index (χ2n) is 7.16. The van der Waals surface area contributed by atoms with E-state index in [-0.39, 0.29) is 17.0 Å². The third-order valence-corrected chi connectivity index (χ3v) is 7.08. The van der Waals surface area contributed by atoms with E-state index in [0.717, 1.165) is 32.1 Å². The minimum absolute atomic E-state index is 0.00934. The minimum atomic E-state index is -3.55. The van der Waals surface area contributed by atoms with Gasteiger partial charge in [-0.25, -0.2) is 8.42 Å². The second-order valence-corrected chi connectivity index (χ2v) is 9.05. The van der Waals surface area contributed by atoms with Crippen molar-refractivity contribution in [3.8, 4) is 0 Å². The highest BCUT2D eigenvalue weighted by molar-refractivity contribution is 7.89. The first-order valence-corrected chi connectivity index (χ1v) is 10.7. The van der Waals surface area contributed by atoms with Crippen LogP contribution in [0, 0.1) is 0 Å². The molecule has 9 heteroatoms. The lowest BCUT2D eigenvalue weighted by atomic mass is 10.1. The van der Waals surface area contributed by atoms with Crippen LogP contribution in [0.25, 0.3) is 0 Å². The molecule has 0 bridgehead atoms. The molecular weight excluding hydrogens is 368 g/mol. The Kier molecular flexibility index (Phi) is 4.73. The van der Waals surface area contributed by atoms with Gasteiger partial charge in [-0.2, -0.15) is 4.31 Å². The van der Waals surface area contributed by atoms with Crippen molar-refractivity contribution in [2.75, 3.05) is 11.9 Å². The Morgan fingerprint density at radius 3 is 2.56 bits per heavy atom. The van der Waals surface area contributed by atoms with E-state index in [1.54, 1.807) is 4.31 Å². The standard InChI is InChI=1S/C18H22N4O4S/c1-12-4-2-3-11-22(12)27(24,25)15-9-7-13(8-10-15)16(23)19-18-21-20-17(26-18)14-5-6-14/h7-10,12,14H,2-6,11H2,1H3,(H,19,21,23)/t12-/m0/s1. The zero-order chi connectivity index (χ0) is 19.0. The number of carbonyl (C=O) groups is 1. The van der Waals surface area contributed by atoms with E-state index in [1.165, 1.54) is 24.3 Å².